The van der Waals surface area contributed by atoms with E-state index in [2.05, 4.69) is 0 Å². The Kier molecular flexibility index (Phi) is 3.77. The lowest BCUT2D eigenvalue weighted by molar-refractivity contribution is -0.384. The number of nitrogens with zero attached hydrogens (tertiary/aromatic N) is 1. The molecule has 0 saturated carbocycles. The summed E-state index contributed by atoms with van der Waals surface area (Å²) in [6.45, 7) is 0.585. The van der Waals surface area contributed by atoms with Crippen LogP contribution in [0.15, 0.2) is 42.5 Å². The van der Waals surface area contributed by atoms with Crippen molar-refractivity contribution < 1.29 is 10.0 Å². The van der Waals surface area contributed by atoms with Crippen LogP contribution in [-0.4, -0.2) is 16.6 Å². The van der Waals surface area contributed by atoms with Crippen LogP contribution in [0.25, 0.3) is 11.1 Å². The van der Waals surface area contributed by atoms with Gasteiger partial charge in [0, 0.05) is 11.6 Å². The van der Waals surface area contributed by atoms with Gasteiger partial charge in [0.2, 0.25) is 0 Å². The Labute approximate surface area is 110 Å². The molecule has 0 aliphatic carbocycles. The van der Waals surface area contributed by atoms with Crippen LogP contribution in [0, 0.1) is 10.1 Å². The number of hydrogen-bond acceptors (Lipinski definition) is 4. The van der Waals surface area contributed by atoms with Crippen LogP contribution in [-0.2, 0) is 6.42 Å². The molecule has 5 heteroatoms. The summed E-state index contributed by atoms with van der Waals surface area (Å²) >= 11 is 0. The van der Waals surface area contributed by atoms with E-state index in [1.807, 2.05) is 24.3 Å². The van der Waals surface area contributed by atoms with E-state index in [9.17, 15) is 15.2 Å². The zero-order valence-corrected chi connectivity index (χ0v) is 10.2. The standard InChI is InChI=1S/C14H14N2O3/c15-8-7-10-1-3-11(4-2-10)13-6-5-12(16(18)19)9-14(13)17/h1-6,9,17H,7-8,15H2. The molecule has 0 spiro atoms. The second-order valence-corrected chi connectivity index (χ2v) is 4.19. The molecule has 0 bridgehead atoms. The Bertz CT molecular complexity index is 594. The van der Waals surface area contributed by atoms with Crippen molar-refractivity contribution >= 4 is 5.69 Å². The van der Waals surface area contributed by atoms with E-state index in [1.165, 1.54) is 6.07 Å². The lowest BCUT2D eigenvalue weighted by atomic mass is 10.0. The van der Waals surface area contributed by atoms with E-state index in [1.54, 1.807) is 6.07 Å². The molecule has 0 aliphatic heterocycles. The van der Waals surface area contributed by atoms with Crippen molar-refractivity contribution in [2.24, 2.45) is 5.73 Å². The number of rotatable bonds is 4. The van der Waals surface area contributed by atoms with E-state index < -0.39 is 4.92 Å². The van der Waals surface area contributed by atoms with Crippen LogP contribution < -0.4 is 5.73 Å². The molecule has 0 amide bonds. The molecule has 5 nitrogen and oxygen atoms in total. The molecule has 2 aromatic rings. The van der Waals surface area contributed by atoms with Crippen molar-refractivity contribution in [1.82, 2.24) is 0 Å². The zero-order chi connectivity index (χ0) is 13.8. The highest BCUT2D eigenvalue weighted by Gasteiger charge is 2.11. The van der Waals surface area contributed by atoms with Gasteiger partial charge in [0.1, 0.15) is 5.75 Å². The molecule has 0 radical (unpaired) electrons. The lowest BCUT2D eigenvalue weighted by Crippen LogP contribution is -2.02. The molecule has 0 aliphatic rings. The molecule has 2 aromatic carbocycles. The van der Waals surface area contributed by atoms with Crippen molar-refractivity contribution in [3.8, 4) is 16.9 Å². The number of aromatic hydroxyl groups is 1. The zero-order valence-electron chi connectivity index (χ0n) is 10.2. The van der Waals surface area contributed by atoms with Crippen LogP contribution in [0.5, 0.6) is 5.75 Å². The fourth-order valence-electron chi connectivity index (χ4n) is 1.90. The summed E-state index contributed by atoms with van der Waals surface area (Å²) in [6, 6.07) is 11.7. The second kappa shape index (κ2) is 5.49. The fourth-order valence-corrected chi connectivity index (χ4v) is 1.90. The van der Waals surface area contributed by atoms with Crippen LogP contribution >= 0.6 is 0 Å². The summed E-state index contributed by atoms with van der Waals surface area (Å²) in [6.07, 6.45) is 0.798. The molecule has 19 heavy (non-hydrogen) atoms. The van der Waals surface area contributed by atoms with Gasteiger partial charge in [0.15, 0.2) is 0 Å². The third-order valence-corrected chi connectivity index (χ3v) is 2.89. The first-order chi connectivity index (χ1) is 9.11. The summed E-state index contributed by atoms with van der Waals surface area (Å²) in [7, 11) is 0. The summed E-state index contributed by atoms with van der Waals surface area (Å²) < 4.78 is 0. The number of non-ortho nitro benzene ring substituents is 1. The molecule has 0 heterocycles. The average Bonchev–Trinajstić information content (AvgIpc) is 2.40. The Morgan fingerprint density at radius 3 is 2.37 bits per heavy atom. The maximum atomic E-state index is 10.6. The van der Waals surface area contributed by atoms with Crippen LogP contribution in [0.4, 0.5) is 5.69 Å². The Morgan fingerprint density at radius 2 is 1.84 bits per heavy atom. The second-order valence-electron chi connectivity index (χ2n) is 4.19. The van der Waals surface area contributed by atoms with Crippen molar-refractivity contribution in [3.05, 3.63) is 58.1 Å². The molecule has 3 N–H and O–H groups in total. The molecule has 2 rings (SSSR count). The molecule has 0 atom stereocenters. The SMILES string of the molecule is NCCc1ccc(-c2ccc([N+](=O)[O-])cc2O)cc1. The Morgan fingerprint density at radius 1 is 1.16 bits per heavy atom. The van der Waals surface area contributed by atoms with Gasteiger partial charge in [0.25, 0.3) is 5.69 Å². The van der Waals surface area contributed by atoms with E-state index in [4.69, 9.17) is 5.73 Å². The van der Waals surface area contributed by atoms with Gasteiger partial charge in [-0.25, -0.2) is 0 Å². The lowest BCUT2D eigenvalue weighted by Gasteiger charge is -2.06. The smallest absolute Gasteiger partial charge is 0.273 e. The van der Waals surface area contributed by atoms with Crippen LogP contribution in [0.2, 0.25) is 0 Å². The molecule has 0 aromatic heterocycles. The van der Waals surface area contributed by atoms with Crippen molar-refractivity contribution in [3.63, 3.8) is 0 Å². The van der Waals surface area contributed by atoms with Crippen molar-refractivity contribution in [1.29, 1.82) is 0 Å². The van der Waals surface area contributed by atoms with Gasteiger partial charge in [-0.3, -0.25) is 10.1 Å². The topological polar surface area (TPSA) is 89.4 Å². The summed E-state index contributed by atoms with van der Waals surface area (Å²) in [5.74, 6) is -0.0965. The molecule has 98 valence electrons. The first kappa shape index (κ1) is 13.0. The Balaban J connectivity index is 2.33. The minimum absolute atomic E-state index is 0.0965. The number of nitrogens with two attached hydrogens (primary N) is 1. The number of hydrogen-bond donors (Lipinski definition) is 2. The monoisotopic (exact) mass is 258 g/mol. The highest BCUT2D eigenvalue weighted by molar-refractivity contribution is 5.71. The minimum Gasteiger partial charge on any atom is -0.507 e. The van der Waals surface area contributed by atoms with Gasteiger partial charge < -0.3 is 10.8 Å². The molecule has 0 unspecified atom stereocenters. The van der Waals surface area contributed by atoms with Gasteiger partial charge in [0.05, 0.1) is 11.0 Å². The maximum absolute atomic E-state index is 10.6. The largest absolute Gasteiger partial charge is 0.507 e. The van der Waals surface area contributed by atoms with E-state index in [-0.39, 0.29) is 11.4 Å². The molecular formula is C14H14N2O3. The average molecular weight is 258 g/mol. The highest BCUT2D eigenvalue weighted by atomic mass is 16.6. The van der Waals surface area contributed by atoms with E-state index >= 15 is 0 Å². The molecule has 0 fully saturated rings. The minimum atomic E-state index is -0.534. The molecule has 0 saturated heterocycles. The van der Waals surface area contributed by atoms with E-state index in [0.717, 1.165) is 23.6 Å². The highest BCUT2D eigenvalue weighted by Crippen LogP contribution is 2.32. The number of nitro groups is 1. The predicted octanol–water partition coefficient (Wildman–Crippen LogP) is 2.47. The van der Waals surface area contributed by atoms with Gasteiger partial charge in [-0.15, -0.1) is 0 Å². The maximum Gasteiger partial charge on any atom is 0.273 e. The first-order valence-corrected chi connectivity index (χ1v) is 5.88. The predicted molar refractivity (Wildman–Crippen MR) is 73.0 cm³/mol. The van der Waals surface area contributed by atoms with E-state index in [0.29, 0.717) is 12.1 Å². The van der Waals surface area contributed by atoms with Gasteiger partial charge in [-0.1, -0.05) is 24.3 Å². The number of benzene rings is 2. The third-order valence-electron chi connectivity index (χ3n) is 2.89. The Hall–Kier alpha value is -2.40. The number of phenols is 1. The summed E-state index contributed by atoms with van der Waals surface area (Å²) in [5.41, 5.74) is 7.86. The van der Waals surface area contributed by atoms with Crippen molar-refractivity contribution in [2.45, 2.75) is 6.42 Å². The summed E-state index contributed by atoms with van der Waals surface area (Å²) in [4.78, 5) is 10.1. The van der Waals surface area contributed by atoms with Gasteiger partial charge in [-0.05, 0) is 30.2 Å². The number of nitro benzene ring substituents is 1. The van der Waals surface area contributed by atoms with Crippen molar-refractivity contribution in [2.75, 3.05) is 6.54 Å². The number of phenolic OH excluding ortho intramolecular Hbond substituents is 1. The third kappa shape index (κ3) is 2.89. The summed E-state index contributed by atoms with van der Waals surface area (Å²) in [5, 5.41) is 20.4. The van der Waals surface area contributed by atoms with Gasteiger partial charge in [-0.2, -0.15) is 0 Å². The van der Waals surface area contributed by atoms with Crippen LogP contribution in [0.3, 0.4) is 0 Å². The quantitative estimate of drug-likeness (QED) is 0.651. The normalized spacial score (nSPS) is 10.4. The first-order valence-electron chi connectivity index (χ1n) is 5.88. The fraction of sp³-hybridized carbons (Fsp3) is 0.143. The van der Waals surface area contributed by atoms with Gasteiger partial charge >= 0.3 is 0 Å². The molecular weight excluding hydrogens is 244 g/mol. The van der Waals surface area contributed by atoms with Crippen LogP contribution in [0.1, 0.15) is 5.56 Å².